The molecule has 0 fully saturated rings. The van der Waals surface area contributed by atoms with Crippen molar-refractivity contribution in [3.05, 3.63) is 0 Å². The van der Waals surface area contributed by atoms with Crippen LogP contribution in [0.4, 0.5) is 4.79 Å². The molecule has 2 amide bonds. The summed E-state index contributed by atoms with van der Waals surface area (Å²) in [4.78, 5) is 23.4. The number of aliphatic hydroxyl groups is 1. The molecule has 0 bridgehead atoms. The molecule has 0 rings (SSSR count). The highest BCUT2D eigenvalue weighted by Crippen LogP contribution is 2.13. The number of rotatable bonds is 7. The summed E-state index contributed by atoms with van der Waals surface area (Å²) in [6, 6.07) is -0.512. The van der Waals surface area contributed by atoms with Crippen molar-refractivity contribution >= 4 is 12.0 Å². The molecule has 21 heavy (non-hydrogen) atoms. The number of aliphatic hydroxyl groups excluding tert-OH is 1. The molecule has 0 unspecified atom stereocenters. The number of ether oxygens (including phenoxy) is 1. The van der Waals surface area contributed by atoms with Crippen molar-refractivity contribution in [1.82, 2.24) is 10.6 Å². The molecule has 0 aliphatic carbocycles. The van der Waals surface area contributed by atoms with E-state index in [4.69, 9.17) is 4.74 Å². The average Bonchev–Trinajstić information content (AvgIpc) is 2.24. The van der Waals surface area contributed by atoms with Gasteiger partial charge in [0.05, 0.1) is 18.6 Å². The van der Waals surface area contributed by atoms with Gasteiger partial charge in [0.25, 0.3) is 0 Å². The first-order valence-electron chi connectivity index (χ1n) is 7.49. The molecular weight excluding hydrogens is 272 g/mol. The van der Waals surface area contributed by atoms with Gasteiger partial charge in [0.2, 0.25) is 5.91 Å². The summed E-state index contributed by atoms with van der Waals surface area (Å²) in [6.07, 6.45) is -0.990. The van der Waals surface area contributed by atoms with Crippen molar-refractivity contribution in [1.29, 1.82) is 0 Å². The van der Waals surface area contributed by atoms with Crippen LogP contribution in [0, 0.1) is 5.92 Å². The second kappa shape index (κ2) is 8.87. The summed E-state index contributed by atoms with van der Waals surface area (Å²) < 4.78 is 5.19. The second-order valence-corrected chi connectivity index (χ2v) is 6.61. The summed E-state index contributed by atoms with van der Waals surface area (Å²) in [5.41, 5.74) is -0.600. The Morgan fingerprint density at radius 2 is 1.81 bits per heavy atom. The predicted octanol–water partition coefficient (Wildman–Crippen LogP) is 1.81. The van der Waals surface area contributed by atoms with Crippen LogP contribution in [-0.4, -0.2) is 41.4 Å². The van der Waals surface area contributed by atoms with Gasteiger partial charge in [0, 0.05) is 6.54 Å². The van der Waals surface area contributed by atoms with Gasteiger partial charge >= 0.3 is 6.09 Å². The zero-order chi connectivity index (χ0) is 16.6. The van der Waals surface area contributed by atoms with Crippen molar-refractivity contribution < 1.29 is 19.4 Å². The van der Waals surface area contributed by atoms with Crippen LogP contribution in [0.1, 0.15) is 54.4 Å². The van der Waals surface area contributed by atoms with Gasteiger partial charge in [-0.1, -0.05) is 13.8 Å². The molecule has 124 valence electrons. The maximum Gasteiger partial charge on any atom is 0.407 e. The molecule has 0 aromatic carbocycles. The molecule has 6 heteroatoms. The molecule has 0 spiro atoms. The number of amides is 2. The fraction of sp³-hybridized carbons (Fsp3) is 0.867. The van der Waals surface area contributed by atoms with Crippen LogP contribution >= 0.6 is 0 Å². The molecule has 0 aliphatic heterocycles. The Morgan fingerprint density at radius 1 is 1.24 bits per heavy atom. The molecule has 3 N–H and O–H groups in total. The lowest BCUT2D eigenvalue weighted by Gasteiger charge is -2.27. The molecule has 0 heterocycles. The first-order chi connectivity index (χ1) is 9.55. The van der Waals surface area contributed by atoms with Gasteiger partial charge in [-0.15, -0.1) is 0 Å². The maximum atomic E-state index is 11.8. The lowest BCUT2D eigenvalue weighted by atomic mass is 9.97. The Balaban J connectivity index is 4.63. The van der Waals surface area contributed by atoms with Crippen LogP contribution in [0.3, 0.4) is 0 Å². The van der Waals surface area contributed by atoms with E-state index in [-0.39, 0.29) is 18.2 Å². The third kappa shape index (κ3) is 10.1. The SMILES string of the molecule is CCNC(=O)C[C@H](O)[C@H](CC(C)C)NC(=O)OC(C)(C)C. The second-order valence-electron chi connectivity index (χ2n) is 6.61. The summed E-state index contributed by atoms with van der Waals surface area (Å²) >= 11 is 0. The van der Waals surface area contributed by atoms with E-state index in [2.05, 4.69) is 10.6 Å². The van der Waals surface area contributed by atoms with Gasteiger partial charge in [0.1, 0.15) is 5.60 Å². The summed E-state index contributed by atoms with van der Waals surface area (Å²) in [6.45, 7) is 11.6. The van der Waals surface area contributed by atoms with Crippen LogP contribution in [0.5, 0.6) is 0 Å². The molecule has 2 atom stereocenters. The smallest absolute Gasteiger partial charge is 0.407 e. The van der Waals surface area contributed by atoms with Gasteiger partial charge in [-0.3, -0.25) is 4.79 Å². The van der Waals surface area contributed by atoms with Gasteiger partial charge in [-0.25, -0.2) is 4.79 Å². The van der Waals surface area contributed by atoms with Gasteiger partial charge < -0.3 is 20.5 Å². The van der Waals surface area contributed by atoms with Crippen molar-refractivity contribution in [2.24, 2.45) is 5.92 Å². The van der Waals surface area contributed by atoms with E-state index < -0.39 is 23.8 Å². The summed E-state index contributed by atoms with van der Waals surface area (Å²) in [7, 11) is 0. The monoisotopic (exact) mass is 302 g/mol. The molecule has 0 aromatic heterocycles. The molecule has 0 saturated heterocycles. The molecular formula is C15H30N2O4. The highest BCUT2D eigenvalue weighted by molar-refractivity contribution is 5.76. The van der Waals surface area contributed by atoms with Crippen molar-refractivity contribution in [3.8, 4) is 0 Å². The van der Waals surface area contributed by atoms with E-state index in [1.165, 1.54) is 0 Å². The lowest BCUT2D eigenvalue weighted by Crippen LogP contribution is -2.47. The van der Waals surface area contributed by atoms with Gasteiger partial charge in [-0.2, -0.15) is 0 Å². The van der Waals surface area contributed by atoms with Crippen LogP contribution in [-0.2, 0) is 9.53 Å². The highest BCUT2D eigenvalue weighted by atomic mass is 16.6. The first kappa shape index (κ1) is 19.7. The van der Waals surface area contributed by atoms with Crippen molar-refractivity contribution in [3.63, 3.8) is 0 Å². The molecule has 0 radical (unpaired) electrons. The molecule has 6 nitrogen and oxygen atoms in total. The fourth-order valence-corrected chi connectivity index (χ4v) is 1.88. The number of carbonyl (C=O) groups excluding carboxylic acids is 2. The highest BCUT2D eigenvalue weighted by Gasteiger charge is 2.26. The first-order valence-corrected chi connectivity index (χ1v) is 7.49. The van der Waals surface area contributed by atoms with Crippen LogP contribution < -0.4 is 10.6 Å². The number of carbonyl (C=O) groups is 2. The topological polar surface area (TPSA) is 87.7 Å². The third-order valence-corrected chi connectivity index (χ3v) is 2.66. The minimum atomic E-state index is -0.938. The van der Waals surface area contributed by atoms with Crippen molar-refractivity contribution in [2.75, 3.05) is 6.54 Å². The fourth-order valence-electron chi connectivity index (χ4n) is 1.88. The normalized spacial score (nSPS) is 14.5. The molecule has 0 saturated carbocycles. The summed E-state index contributed by atoms with van der Waals surface area (Å²) in [5.74, 6) is 0.0403. The maximum absolute atomic E-state index is 11.8. The minimum absolute atomic E-state index is 0.0407. The zero-order valence-corrected chi connectivity index (χ0v) is 14.0. The Labute approximate surface area is 127 Å². The third-order valence-electron chi connectivity index (χ3n) is 2.66. The van der Waals surface area contributed by atoms with E-state index in [1.807, 2.05) is 20.8 Å². The minimum Gasteiger partial charge on any atom is -0.444 e. The van der Waals surface area contributed by atoms with Crippen LogP contribution in [0.15, 0.2) is 0 Å². The van der Waals surface area contributed by atoms with Crippen LogP contribution in [0.2, 0.25) is 0 Å². The van der Waals surface area contributed by atoms with E-state index in [1.54, 1.807) is 20.8 Å². The van der Waals surface area contributed by atoms with E-state index in [0.29, 0.717) is 13.0 Å². The predicted molar refractivity (Wildman–Crippen MR) is 81.9 cm³/mol. The largest absolute Gasteiger partial charge is 0.444 e. The number of alkyl carbamates (subject to hydrolysis) is 1. The summed E-state index contributed by atoms with van der Waals surface area (Å²) in [5, 5.41) is 15.5. The quantitative estimate of drug-likeness (QED) is 0.669. The lowest BCUT2D eigenvalue weighted by molar-refractivity contribution is -0.123. The number of hydrogen-bond donors (Lipinski definition) is 3. The Morgan fingerprint density at radius 3 is 2.24 bits per heavy atom. The average molecular weight is 302 g/mol. The van der Waals surface area contributed by atoms with E-state index in [0.717, 1.165) is 0 Å². The van der Waals surface area contributed by atoms with Gasteiger partial charge in [0.15, 0.2) is 0 Å². The molecule has 0 aliphatic rings. The zero-order valence-electron chi connectivity index (χ0n) is 14.0. The molecule has 0 aromatic rings. The van der Waals surface area contributed by atoms with E-state index in [9.17, 15) is 14.7 Å². The Bertz CT molecular complexity index is 337. The number of hydrogen-bond acceptors (Lipinski definition) is 4. The Kier molecular flexibility index (Phi) is 8.32. The van der Waals surface area contributed by atoms with Crippen LogP contribution in [0.25, 0.3) is 0 Å². The van der Waals surface area contributed by atoms with Gasteiger partial charge in [-0.05, 0) is 40.0 Å². The Hall–Kier alpha value is -1.30. The van der Waals surface area contributed by atoms with E-state index >= 15 is 0 Å². The van der Waals surface area contributed by atoms with Crippen molar-refractivity contribution in [2.45, 2.75) is 72.1 Å². The standard InChI is InChI=1S/C15H30N2O4/c1-7-16-13(19)9-12(18)11(8-10(2)3)17-14(20)21-15(4,5)6/h10-12,18H,7-9H2,1-6H3,(H,16,19)(H,17,20)/t11-,12-/m0/s1. The number of nitrogens with one attached hydrogen (secondary N) is 2.